The second-order valence-corrected chi connectivity index (χ2v) is 7.80. The highest BCUT2D eigenvalue weighted by Gasteiger charge is 2.52. The number of ether oxygens (including phenoxy) is 2. The second kappa shape index (κ2) is 8.29. The van der Waals surface area contributed by atoms with E-state index in [-0.39, 0.29) is 12.5 Å². The third kappa shape index (κ3) is 3.93. The minimum Gasteiger partial charge on any atom is -0.497 e. The Bertz CT molecular complexity index is 1010. The van der Waals surface area contributed by atoms with Crippen molar-refractivity contribution in [3.05, 3.63) is 42.5 Å². The highest BCUT2D eigenvalue weighted by molar-refractivity contribution is 6.10. The van der Waals surface area contributed by atoms with Gasteiger partial charge in [-0.2, -0.15) is 0 Å². The number of urea groups is 1. The Hall–Kier alpha value is -3.55. The summed E-state index contributed by atoms with van der Waals surface area (Å²) in [4.78, 5) is 38.7. The maximum Gasteiger partial charge on any atom is 0.325 e. The average Bonchev–Trinajstić information content (AvgIpc) is 3.34. The molecule has 0 bridgehead atoms. The summed E-state index contributed by atoms with van der Waals surface area (Å²) >= 11 is 0. The van der Waals surface area contributed by atoms with Gasteiger partial charge in [0.15, 0.2) is 0 Å². The lowest BCUT2D eigenvalue weighted by Gasteiger charge is -2.20. The Morgan fingerprint density at radius 1 is 1.06 bits per heavy atom. The number of carbonyl (C=O) groups excluding carboxylic acids is 3. The molecule has 4 rings (SSSR count). The van der Waals surface area contributed by atoms with E-state index in [0.717, 1.165) is 34.6 Å². The fourth-order valence-electron chi connectivity index (χ4n) is 4.26. The number of amides is 4. The molecule has 2 aliphatic rings. The van der Waals surface area contributed by atoms with Crippen LogP contribution in [0.1, 0.15) is 25.7 Å². The lowest BCUT2D eigenvalue weighted by molar-refractivity contribution is -0.133. The molecular weight excluding hydrogens is 398 g/mol. The van der Waals surface area contributed by atoms with Gasteiger partial charge >= 0.3 is 6.03 Å². The lowest BCUT2D eigenvalue weighted by Crippen LogP contribution is -2.44. The Morgan fingerprint density at radius 2 is 1.77 bits per heavy atom. The van der Waals surface area contributed by atoms with Gasteiger partial charge in [-0.3, -0.25) is 14.5 Å². The van der Waals surface area contributed by atoms with Crippen molar-refractivity contribution in [1.82, 2.24) is 10.2 Å². The molecule has 1 saturated heterocycles. The van der Waals surface area contributed by atoms with Gasteiger partial charge in [0.1, 0.15) is 23.6 Å². The number of imide groups is 1. The number of nitrogens with zero attached hydrogens (tertiary/aromatic N) is 1. The first-order valence-electron chi connectivity index (χ1n) is 10.2. The van der Waals surface area contributed by atoms with E-state index in [0.29, 0.717) is 24.3 Å². The minimum absolute atomic E-state index is 0.307. The maximum absolute atomic E-state index is 12.7. The van der Waals surface area contributed by atoms with Crippen LogP contribution in [0.15, 0.2) is 42.5 Å². The van der Waals surface area contributed by atoms with E-state index >= 15 is 0 Å². The van der Waals surface area contributed by atoms with Gasteiger partial charge in [-0.1, -0.05) is 25.0 Å². The van der Waals surface area contributed by atoms with Crippen LogP contribution in [-0.4, -0.2) is 49.0 Å². The highest BCUT2D eigenvalue weighted by atomic mass is 16.5. The minimum atomic E-state index is -0.820. The van der Waals surface area contributed by atoms with Gasteiger partial charge in [0.05, 0.1) is 14.2 Å². The molecule has 4 amide bonds. The Morgan fingerprint density at radius 3 is 2.42 bits per heavy atom. The molecule has 0 aromatic heterocycles. The predicted octanol–water partition coefficient (Wildman–Crippen LogP) is 3.17. The van der Waals surface area contributed by atoms with Crippen LogP contribution in [0.4, 0.5) is 10.5 Å². The van der Waals surface area contributed by atoms with E-state index in [4.69, 9.17) is 9.47 Å². The SMILES string of the molecule is COc1ccc(-c2cc(NC(=O)CN3C(=O)NC4(CCCC4)C3=O)ccc2OC)cc1. The van der Waals surface area contributed by atoms with Gasteiger partial charge in [-0.05, 0) is 48.7 Å². The number of benzene rings is 2. The molecule has 2 fully saturated rings. The van der Waals surface area contributed by atoms with Gasteiger partial charge in [0.2, 0.25) is 5.91 Å². The zero-order valence-electron chi connectivity index (χ0n) is 17.6. The summed E-state index contributed by atoms with van der Waals surface area (Å²) < 4.78 is 10.7. The summed E-state index contributed by atoms with van der Waals surface area (Å²) in [6, 6.07) is 12.3. The summed E-state index contributed by atoms with van der Waals surface area (Å²) in [6.45, 7) is -0.323. The van der Waals surface area contributed by atoms with Crippen molar-refractivity contribution in [2.24, 2.45) is 0 Å². The topological polar surface area (TPSA) is 97.0 Å². The molecular formula is C23H25N3O5. The molecule has 0 radical (unpaired) electrons. The number of carbonyl (C=O) groups is 3. The smallest absolute Gasteiger partial charge is 0.325 e. The third-order valence-electron chi connectivity index (χ3n) is 5.89. The maximum atomic E-state index is 12.7. The van der Waals surface area contributed by atoms with E-state index in [1.165, 1.54) is 0 Å². The van der Waals surface area contributed by atoms with Gasteiger partial charge in [0.25, 0.3) is 5.91 Å². The lowest BCUT2D eigenvalue weighted by atomic mass is 9.98. The van der Waals surface area contributed by atoms with Crippen molar-refractivity contribution in [2.45, 2.75) is 31.2 Å². The van der Waals surface area contributed by atoms with E-state index in [1.54, 1.807) is 32.4 Å². The van der Waals surface area contributed by atoms with Crippen LogP contribution in [0.3, 0.4) is 0 Å². The molecule has 2 aromatic rings. The van der Waals surface area contributed by atoms with Crippen LogP contribution in [0.2, 0.25) is 0 Å². The van der Waals surface area contributed by atoms with Crippen LogP contribution >= 0.6 is 0 Å². The van der Waals surface area contributed by atoms with Crippen molar-refractivity contribution in [3.63, 3.8) is 0 Å². The van der Waals surface area contributed by atoms with Crippen molar-refractivity contribution in [1.29, 1.82) is 0 Å². The molecule has 0 atom stereocenters. The number of nitrogens with one attached hydrogen (secondary N) is 2. The molecule has 2 aromatic carbocycles. The predicted molar refractivity (Wildman–Crippen MR) is 115 cm³/mol. The van der Waals surface area contributed by atoms with Crippen LogP contribution in [-0.2, 0) is 9.59 Å². The first kappa shape index (κ1) is 20.7. The first-order chi connectivity index (χ1) is 15.0. The number of rotatable bonds is 6. The van der Waals surface area contributed by atoms with Crippen LogP contribution in [0.5, 0.6) is 11.5 Å². The Balaban J connectivity index is 1.49. The molecule has 1 spiro atoms. The van der Waals surface area contributed by atoms with Crippen LogP contribution in [0, 0.1) is 0 Å². The van der Waals surface area contributed by atoms with E-state index < -0.39 is 17.5 Å². The zero-order valence-corrected chi connectivity index (χ0v) is 17.6. The van der Waals surface area contributed by atoms with Crippen LogP contribution in [0.25, 0.3) is 11.1 Å². The molecule has 1 heterocycles. The number of methoxy groups -OCH3 is 2. The Labute approximate surface area is 180 Å². The van der Waals surface area contributed by atoms with E-state index in [1.807, 2.05) is 24.3 Å². The molecule has 8 heteroatoms. The molecule has 31 heavy (non-hydrogen) atoms. The van der Waals surface area contributed by atoms with Crippen molar-refractivity contribution >= 4 is 23.5 Å². The fraction of sp³-hybridized carbons (Fsp3) is 0.348. The number of hydrogen-bond donors (Lipinski definition) is 2. The fourth-order valence-corrected chi connectivity index (χ4v) is 4.26. The monoisotopic (exact) mass is 423 g/mol. The summed E-state index contributed by atoms with van der Waals surface area (Å²) in [5.41, 5.74) is 1.41. The Kier molecular flexibility index (Phi) is 5.54. The highest BCUT2D eigenvalue weighted by Crippen LogP contribution is 2.35. The van der Waals surface area contributed by atoms with Crippen molar-refractivity contribution in [3.8, 4) is 22.6 Å². The van der Waals surface area contributed by atoms with Crippen LogP contribution < -0.4 is 20.1 Å². The van der Waals surface area contributed by atoms with E-state index in [2.05, 4.69) is 10.6 Å². The summed E-state index contributed by atoms with van der Waals surface area (Å²) in [5.74, 6) is 0.643. The molecule has 1 aliphatic carbocycles. The summed E-state index contributed by atoms with van der Waals surface area (Å²) in [5, 5.41) is 5.56. The van der Waals surface area contributed by atoms with E-state index in [9.17, 15) is 14.4 Å². The molecule has 162 valence electrons. The normalized spacial score (nSPS) is 17.0. The van der Waals surface area contributed by atoms with Crippen molar-refractivity contribution < 1.29 is 23.9 Å². The average molecular weight is 423 g/mol. The number of anilines is 1. The molecule has 2 N–H and O–H groups in total. The zero-order chi connectivity index (χ0) is 22.0. The van der Waals surface area contributed by atoms with Gasteiger partial charge in [-0.15, -0.1) is 0 Å². The van der Waals surface area contributed by atoms with Gasteiger partial charge < -0.3 is 20.1 Å². The van der Waals surface area contributed by atoms with Gasteiger partial charge in [0, 0.05) is 11.3 Å². The van der Waals surface area contributed by atoms with Gasteiger partial charge in [-0.25, -0.2) is 4.79 Å². The molecule has 1 saturated carbocycles. The second-order valence-electron chi connectivity index (χ2n) is 7.80. The largest absolute Gasteiger partial charge is 0.497 e. The third-order valence-corrected chi connectivity index (χ3v) is 5.89. The first-order valence-corrected chi connectivity index (χ1v) is 10.2. The quantitative estimate of drug-likeness (QED) is 0.696. The molecule has 0 unspecified atom stereocenters. The number of hydrogen-bond acceptors (Lipinski definition) is 5. The standard InChI is InChI=1S/C23H25N3O5/c1-30-17-8-5-15(6-9-17)18-13-16(7-10-19(18)31-2)24-20(27)14-26-21(28)23(25-22(26)29)11-3-4-12-23/h5-10,13H,3-4,11-12,14H2,1-2H3,(H,24,27)(H,25,29). The summed E-state index contributed by atoms with van der Waals surface area (Å²) in [6.07, 6.45) is 3.04. The molecule has 8 nitrogen and oxygen atoms in total. The summed E-state index contributed by atoms with van der Waals surface area (Å²) in [7, 11) is 3.18. The molecule has 1 aliphatic heterocycles. The van der Waals surface area contributed by atoms with Crippen molar-refractivity contribution in [2.75, 3.05) is 26.1 Å².